The van der Waals surface area contributed by atoms with Crippen LogP contribution in [0.4, 0.5) is 4.79 Å². The predicted octanol–water partition coefficient (Wildman–Crippen LogP) is 5.42. The number of aryl methyl sites for hydroxylation is 1. The molecular weight excluding hydrogens is 485 g/mol. The van der Waals surface area contributed by atoms with Crippen LogP contribution in [0.5, 0.6) is 0 Å². The van der Waals surface area contributed by atoms with Gasteiger partial charge in [-0.1, -0.05) is 58.7 Å². The second kappa shape index (κ2) is 9.82. The maximum absolute atomic E-state index is 12.8. The van der Waals surface area contributed by atoms with Gasteiger partial charge in [-0.2, -0.15) is 0 Å². The minimum atomic E-state index is -0.438. The number of hydrogen-bond acceptors (Lipinski definition) is 6. The summed E-state index contributed by atoms with van der Waals surface area (Å²) < 4.78 is 5.21. The molecular formula is C23H17Cl2N3O4S. The van der Waals surface area contributed by atoms with Crippen molar-refractivity contribution in [1.29, 1.82) is 0 Å². The highest BCUT2D eigenvalue weighted by molar-refractivity contribution is 8.18. The molecule has 1 fully saturated rings. The van der Waals surface area contributed by atoms with E-state index in [1.54, 1.807) is 61.5 Å². The molecule has 0 spiro atoms. The number of hydrogen-bond donors (Lipinski definition) is 1. The molecule has 2 heterocycles. The summed E-state index contributed by atoms with van der Waals surface area (Å²) in [4.78, 5) is 39.2. The Bertz CT molecular complexity index is 1270. The van der Waals surface area contributed by atoms with Crippen molar-refractivity contribution in [3.05, 3.63) is 80.4 Å². The Labute approximate surface area is 203 Å². The first-order valence-electron chi connectivity index (χ1n) is 9.85. The number of thioether (sulfide) groups is 1. The second-order valence-electron chi connectivity index (χ2n) is 7.08. The fourth-order valence-electron chi connectivity index (χ4n) is 3.25. The van der Waals surface area contributed by atoms with Crippen molar-refractivity contribution < 1.29 is 18.9 Å². The smallest absolute Gasteiger partial charge is 0.293 e. The van der Waals surface area contributed by atoms with Gasteiger partial charge < -0.3 is 9.84 Å². The van der Waals surface area contributed by atoms with Crippen molar-refractivity contribution in [2.24, 2.45) is 0 Å². The van der Waals surface area contributed by atoms with E-state index < -0.39 is 17.1 Å². The van der Waals surface area contributed by atoms with Crippen LogP contribution in [-0.4, -0.2) is 40.2 Å². The summed E-state index contributed by atoms with van der Waals surface area (Å²) in [5.74, 6) is -0.515. The Balaban J connectivity index is 1.42. The standard InChI is InChI=1S/C23H17Cl2N3O4S/c1-13-19(20(27-32-13)16-4-2-3-5-17(16)25)21(29)26-10-11-28-22(30)18(33-23(28)31)12-14-6-8-15(24)9-7-14/h2-9,12H,10-11H2,1H3,(H,26,29)/b18-12-. The lowest BCUT2D eigenvalue weighted by molar-refractivity contribution is -0.122. The van der Waals surface area contributed by atoms with Gasteiger partial charge in [0.15, 0.2) is 0 Å². The molecule has 2 aromatic carbocycles. The average molecular weight is 502 g/mol. The Morgan fingerprint density at radius 2 is 1.88 bits per heavy atom. The molecule has 4 rings (SSSR count). The van der Waals surface area contributed by atoms with E-state index in [0.29, 0.717) is 32.0 Å². The molecule has 0 unspecified atom stereocenters. The molecule has 0 aliphatic carbocycles. The Morgan fingerprint density at radius 1 is 1.15 bits per heavy atom. The van der Waals surface area contributed by atoms with E-state index in [1.807, 2.05) is 0 Å². The summed E-state index contributed by atoms with van der Waals surface area (Å²) in [6.07, 6.45) is 1.64. The van der Waals surface area contributed by atoms with Crippen LogP contribution in [0.15, 0.2) is 58.0 Å². The van der Waals surface area contributed by atoms with Gasteiger partial charge in [0, 0.05) is 23.7 Å². The molecule has 0 atom stereocenters. The van der Waals surface area contributed by atoms with Crippen molar-refractivity contribution in [3.8, 4) is 11.3 Å². The summed E-state index contributed by atoms with van der Waals surface area (Å²) in [5, 5.41) is 7.32. The van der Waals surface area contributed by atoms with E-state index in [9.17, 15) is 14.4 Å². The van der Waals surface area contributed by atoms with Gasteiger partial charge in [-0.25, -0.2) is 0 Å². The molecule has 0 saturated carbocycles. The number of nitrogens with one attached hydrogen (secondary N) is 1. The second-order valence-corrected chi connectivity index (χ2v) is 8.92. The molecule has 0 bridgehead atoms. The van der Waals surface area contributed by atoms with Gasteiger partial charge in [-0.05, 0) is 48.5 Å². The normalized spacial score (nSPS) is 14.9. The van der Waals surface area contributed by atoms with Gasteiger partial charge >= 0.3 is 0 Å². The van der Waals surface area contributed by atoms with Crippen LogP contribution < -0.4 is 5.32 Å². The lowest BCUT2D eigenvalue weighted by Gasteiger charge is -2.13. The minimum Gasteiger partial charge on any atom is -0.360 e. The van der Waals surface area contributed by atoms with Crippen LogP contribution >= 0.6 is 35.0 Å². The first kappa shape index (κ1) is 23.1. The number of aromatic nitrogens is 1. The highest BCUT2D eigenvalue weighted by Gasteiger charge is 2.34. The van der Waals surface area contributed by atoms with Gasteiger partial charge in [0.1, 0.15) is 17.0 Å². The first-order valence-corrected chi connectivity index (χ1v) is 11.4. The topological polar surface area (TPSA) is 92.5 Å². The van der Waals surface area contributed by atoms with E-state index in [1.165, 1.54) is 0 Å². The number of halogens is 2. The molecule has 0 radical (unpaired) electrons. The minimum absolute atomic E-state index is 0.0279. The van der Waals surface area contributed by atoms with Gasteiger partial charge in [-0.15, -0.1) is 0 Å². The zero-order valence-electron chi connectivity index (χ0n) is 17.3. The first-order chi connectivity index (χ1) is 15.8. The van der Waals surface area contributed by atoms with Gasteiger partial charge in [0.2, 0.25) is 0 Å². The van der Waals surface area contributed by atoms with Crippen LogP contribution in [0.2, 0.25) is 10.0 Å². The third-order valence-electron chi connectivity index (χ3n) is 4.88. The lowest BCUT2D eigenvalue weighted by Crippen LogP contribution is -2.37. The van der Waals surface area contributed by atoms with E-state index in [-0.39, 0.29) is 18.7 Å². The van der Waals surface area contributed by atoms with E-state index in [4.69, 9.17) is 27.7 Å². The van der Waals surface area contributed by atoms with Gasteiger partial charge in [0.25, 0.3) is 17.1 Å². The monoisotopic (exact) mass is 501 g/mol. The zero-order chi connectivity index (χ0) is 23.5. The fraction of sp³-hybridized carbons (Fsp3) is 0.130. The Hall–Kier alpha value is -3.07. The molecule has 1 aromatic heterocycles. The number of amides is 3. The van der Waals surface area contributed by atoms with Crippen LogP contribution in [0.3, 0.4) is 0 Å². The zero-order valence-corrected chi connectivity index (χ0v) is 19.6. The molecule has 1 N–H and O–H groups in total. The van der Waals surface area contributed by atoms with Crippen molar-refractivity contribution in [3.63, 3.8) is 0 Å². The van der Waals surface area contributed by atoms with E-state index in [0.717, 1.165) is 22.2 Å². The summed E-state index contributed by atoms with van der Waals surface area (Å²) >= 11 is 13.0. The quantitative estimate of drug-likeness (QED) is 0.453. The SMILES string of the molecule is Cc1onc(-c2ccccc2Cl)c1C(=O)NCCN1C(=O)S/C(=C\c2ccc(Cl)cc2)C1=O. The third kappa shape index (κ3) is 4.98. The molecule has 3 aromatic rings. The number of imide groups is 1. The molecule has 10 heteroatoms. The van der Waals surface area contributed by atoms with Crippen molar-refractivity contribution in [2.45, 2.75) is 6.92 Å². The highest BCUT2D eigenvalue weighted by Crippen LogP contribution is 2.33. The summed E-state index contributed by atoms with van der Waals surface area (Å²) in [5.41, 5.74) is 1.90. The summed E-state index contributed by atoms with van der Waals surface area (Å²) in [7, 11) is 0. The molecule has 1 aliphatic rings. The van der Waals surface area contributed by atoms with E-state index in [2.05, 4.69) is 10.5 Å². The summed E-state index contributed by atoms with van der Waals surface area (Å²) in [6, 6.07) is 13.9. The Morgan fingerprint density at radius 3 is 2.61 bits per heavy atom. The molecule has 168 valence electrons. The molecule has 3 amide bonds. The largest absolute Gasteiger partial charge is 0.360 e. The van der Waals surface area contributed by atoms with Crippen molar-refractivity contribution in [2.75, 3.05) is 13.1 Å². The predicted molar refractivity (Wildman–Crippen MR) is 128 cm³/mol. The third-order valence-corrected chi connectivity index (χ3v) is 6.37. The summed E-state index contributed by atoms with van der Waals surface area (Å²) in [6.45, 7) is 1.72. The average Bonchev–Trinajstić information content (AvgIpc) is 3.30. The lowest BCUT2D eigenvalue weighted by atomic mass is 10.1. The highest BCUT2D eigenvalue weighted by atomic mass is 35.5. The number of carbonyl (C=O) groups is 3. The Kier molecular flexibility index (Phi) is 6.88. The van der Waals surface area contributed by atoms with Crippen LogP contribution in [-0.2, 0) is 4.79 Å². The maximum Gasteiger partial charge on any atom is 0.293 e. The van der Waals surface area contributed by atoms with Crippen molar-refractivity contribution in [1.82, 2.24) is 15.4 Å². The number of nitrogens with zero attached hydrogens (tertiary/aromatic N) is 2. The number of rotatable bonds is 6. The van der Waals surface area contributed by atoms with E-state index >= 15 is 0 Å². The van der Waals surface area contributed by atoms with Crippen molar-refractivity contribution >= 4 is 58.1 Å². The molecule has 7 nitrogen and oxygen atoms in total. The molecule has 33 heavy (non-hydrogen) atoms. The van der Waals surface area contributed by atoms with Crippen LogP contribution in [0, 0.1) is 6.92 Å². The number of carbonyl (C=O) groups excluding carboxylic acids is 3. The molecule has 1 saturated heterocycles. The van der Waals surface area contributed by atoms with Crippen LogP contribution in [0.1, 0.15) is 21.7 Å². The molecule has 1 aliphatic heterocycles. The fourth-order valence-corrected chi connectivity index (χ4v) is 4.47. The maximum atomic E-state index is 12.8. The van der Waals surface area contributed by atoms with Crippen LogP contribution in [0.25, 0.3) is 17.3 Å². The number of benzene rings is 2. The van der Waals surface area contributed by atoms with Gasteiger partial charge in [-0.3, -0.25) is 19.3 Å². The van der Waals surface area contributed by atoms with Gasteiger partial charge in [0.05, 0.1) is 9.93 Å².